The molecular formula is C21H32N4O5. The molecule has 1 fully saturated rings. The van der Waals surface area contributed by atoms with Gasteiger partial charge in [0, 0.05) is 19.5 Å². The monoisotopic (exact) mass is 420 g/mol. The van der Waals surface area contributed by atoms with Crippen LogP contribution in [0.15, 0.2) is 18.2 Å². The maximum atomic E-state index is 12.7. The Balaban J connectivity index is 1.83. The number of hydrogen-bond acceptors (Lipinski definition) is 5. The molecule has 1 aromatic rings. The average molecular weight is 421 g/mol. The maximum absolute atomic E-state index is 12.7. The summed E-state index contributed by atoms with van der Waals surface area (Å²) in [5, 5.41) is 14.3. The van der Waals surface area contributed by atoms with Gasteiger partial charge in [-0.05, 0) is 49.3 Å². The van der Waals surface area contributed by atoms with Crippen molar-refractivity contribution in [1.29, 1.82) is 0 Å². The molecule has 0 bridgehead atoms. The third-order valence-corrected chi connectivity index (χ3v) is 5.25. The van der Waals surface area contributed by atoms with E-state index >= 15 is 0 Å². The van der Waals surface area contributed by atoms with Crippen LogP contribution in [0.4, 0.5) is 10.5 Å². The highest BCUT2D eigenvalue weighted by atomic mass is 16.5. The molecule has 1 saturated carbocycles. The minimum absolute atomic E-state index is 0.122. The Hall–Kier alpha value is -2.81. The van der Waals surface area contributed by atoms with Gasteiger partial charge in [0.15, 0.2) is 0 Å². The number of methoxy groups -OCH3 is 1. The summed E-state index contributed by atoms with van der Waals surface area (Å²) in [6.45, 7) is 4.43. The number of nitrogens with one attached hydrogen (secondary N) is 3. The third-order valence-electron chi connectivity index (χ3n) is 5.25. The SMILES string of the molecule is COc1ccc(C)cc1NC(=O)NCC(C)CC(=O)N(CC(=O)NO)CC1CCC1. The zero-order valence-corrected chi connectivity index (χ0v) is 17.9. The van der Waals surface area contributed by atoms with Crippen molar-refractivity contribution in [1.82, 2.24) is 15.7 Å². The number of hydrogen-bond donors (Lipinski definition) is 4. The van der Waals surface area contributed by atoms with Crippen molar-refractivity contribution in [3.8, 4) is 5.75 Å². The highest BCUT2D eigenvalue weighted by molar-refractivity contribution is 5.91. The van der Waals surface area contributed by atoms with Crippen LogP contribution in [0.25, 0.3) is 0 Å². The van der Waals surface area contributed by atoms with Gasteiger partial charge in [0.2, 0.25) is 5.91 Å². The van der Waals surface area contributed by atoms with Crippen molar-refractivity contribution in [3.63, 3.8) is 0 Å². The van der Waals surface area contributed by atoms with Gasteiger partial charge in [-0.1, -0.05) is 19.4 Å². The van der Waals surface area contributed by atoms with Crippen LogP contribution in [0, 0.1) is 18.8 Å². The van der Waals surface area contributed by atoms with Crippen LogP contribution in [-0.2, 0) is 9.59 Å². The second-order valence-corrected chi connectivity index (χ2v) is 7.95. The largest absolute Gasteiger partial charge is 0.495 e. The molecule has 2 rings (SSSR count). The van der Waals surface area contributed by atoms with E-state index < -0.39 is 5.91 Å². The molecule has 9 nitrogen and oxygen atoms in total. The Bertz CT molecular complexity index is 751. The fourth-order valence-electron chi connectivity index (χ4n) is 3.30. The van der Waals surface area contributed by atoms with Gasteiger partial charge < -0.3 is 20.3 Å². The molecule has 1 atom stereocenters. The first-order valence-electron chi connectivity index (χ1n) is 10.2. The summed E-state index contributed by atoms with van der Waals surface area (Å²) in [6.07, 6.45) is 3.42. The van der Waals surface area contributed by atoms with Gasteiger partial charge in [-0.2, -0.15) is 0 Å². The van der Waals surface area contributed by atoms with Gasteiger partial charge in [0.05, 0.1) is 12.8 Å². The molecule has 1 aromatic carbocycles. The molecule has 30 heavy (non-hydrogen) atoms. The van der Waals surface area contributed by atoms with Crippen LogP contribution in [0.5, 0.6) is 5.75 Å². The number of benzene rings is 1. The van der Waals surface area contributed by atoms with E-state index in [2.05, 4.69) is 10.6 Å². The zero-order chi connectivity index (χ0) is 22.1. The lowest BCUT2D eigenvalue weighted by Gasteiger charge is -2.32. The number of nitrogens with zero attached hydrogens (tertiary/aromatic N) is 1. The van der Waals surface area contributed by atoms with Gasteiger partial charge in [-0.15, -0.1) is 0 Å². The number of anilines is 1. The molecule has 1 aliphatic rings. The summed E-state index contributed by atoms with van der Waals surface area (Å²) in [7, 11) is 1.54. The molecule has 4 amide bonds. The second-order valence-electron chi connectivity index (χ2n) is 7.95. The molecule has 0 heterocycles. The fraction of sp³-hybridized carbons (Fsp3) is 0.571. The highest BCUT2D eigenvalue weighted by Crippen LogP contribution is 2.27. The third kappa shape index (κ3) is 7.22. The van der Waals surface area contributed by atoms with E-state index in [0.29, 0.717) is 30.4 Å². The van der Waals surface area contributed by atoms with E-state index in [1.807, 2.05) is 26.0 Å². The molecule has 0 aromatic heterocycles. The first-order valence-corrected chi connectivity index (χ1v) is 10.2. The number of carbonyl (C=O) groups excluding carboxylic acids is 3. The lowest BCUT2D eigenvalue weighted by Crippen LogP contribution is -2.44. The molecule has 1 unspecified atom stereocenters. The zero-order valence-electron chi connectivity index (χ0n) is 17.9. The van der Waals surface area contributed by atoms with Crippen molar-refractivity contribution < 1.29 is 24.3 Å². The second kappa shape index (κ2) is 11.4. The minimum atomic E-state index is -0.611. The molecule has 166 valence electrons. The van der Waals surface area contributed by atoms with Crippen LogP contribution in [0.3, 0.4) is 0 Å². The van der Waals surface area contributed by atoms with E-state index in [1.165, 1.54) is 12.0 Å². The van der Waals surface area contributed by atoms with Crippen molar-refractivity contribution in [2.75, 3.05) is 32.1 Å². The average Bonchev–Trinajstić information content (AvgIpc) is 2.68. The molecule has 1 aliphatic carbocycles. The molecular weight excluding hydrogens is 388 g/mol. The van der Waals surface area contributed by atoms with Crippen LogP contribution in [-0.4, -0.2) is 54.7 Å². The molecule has 4 N–H and O–H groups in total. The topological polar surface area (TPSA) is 120 Å². The number of urea groups is 1. The molecule has 0 saturated heterocycles. The van der Waals surface area contributed by atoms with Gasteiger partial charge >= 0.3 is 6.03 Å². The first kappa shape index (κ1) is 23.5. The number of carbonyl (C=O) groups is 3. The fourth-order valence-corrected chi connectivity index (χ4v) is 3.30. The Morgan fingerprint density at radius 2 is 2.03 bits per heavy atom. The highest BCUT2D eigenvalue weighted by Gasteiger charge is 2.26. The van der Waals surface area contributed by atoms with Crippen molar-refractivity contribution in [2.24, 2.45) is 11.8 Å². The number of ether oxygens (including phenoxy) is 1. The standard InChI is InChI=1S/C21H32N4O5/c1-14-7-8-18(30-3)17(9-14)23-21(28)22-11-15(2)10-20(27)25(13-19(26)24-29)12-16-5-4-6-16/h7-9,15-16,29H,4-6,10-13H2,1-3H3,(H,24,26)(H2,22,23,28). The normalized spacial score (nSPS) is 14.3. The van der Waals surface area contributed by atoms with E-state index in [4.69, 9.17) is 9.94 Å². The summed E-state index contributed by atoms with van der Waals surface area (Å²) in [4.78, 5) is 37.9. The van der Waals surface area contributed by atoms with Gasteiger partial charge in [-0.25, -0.2) is 10.3 Å². The molecule has 9 heteroatoms. The van der Waals surface area contributed by atoms with Crippen molar-refractivity contribution in [2.45, 2.75) is 39.5 Å². The Kier molecular flexibility index (Phi) is 8.91. The molecule has 0 radical (unpaired) electrons. The van der Waals surface area contributed by atoms with Crippen LogP contribution in [0.2, 0.25) is 0 Å². The van der Waals surface area contributed by atoms with Crippen LogP contribution in [0.1, 0.15) is 38.2 Å². The molecule has 0 aliphatic heterocycles. The lowest BCUT2D eigenvalue weighted by molar-refractivity contribution is -0.140. The lowest BCUT2D eigenvalue weighted by atomic mass is 9.85. The summed E-state index contributed by atoms with van der Waals surface area (Å²) in [5.41, 5.74) is 3.14. The number of hydroxylamine groups is 1. The molecule has 0 spiro atoms. The van der Waals surface area contributed by atoms with Crippen LogP contribution < -0.4 is 20.9 Å². The quantitative estimate of drug-likeness (QED) is 0.342. The van der Waals surface area contributed by atoms with E-state index in [-0.39, 0.29) is 30.8 Å². The Morgan fingerprint density at radius 1 is 1.30 bits per heavy atom. The van der Waals surface area contributed by atoms with E-state index in [1.54, 1.807) is 11.5 Å². The first-order chi connectivity index (χ1) is 14.3. The van der Waals surface area contributed by atoms with Crippen molar-refractivity contribution in [3.05, 3.63) is 23.8 Å². The van der Waals surface area contributed by atoms with Gasteiger partial charge in [-0.3, -0.25) is 14.8 Å². The Labute approximate surface area is 177 Å². The summed E-state index contributed by atoms with van der Waals surface area (Å²) >= 11 is 0. The number of rotatable bonds is 10. The predicted octanol–water partition coefficient (Wildman–Crippen LogP) is 2.29. The summed E-state index contributed by atoms with van der Waals surface area (Å²) in [6, 6.07) is 5.10. The van der Waals surface area contributed by atoms with Gasteiger partial charge in [0.25, 0.3) is 5.91 Å². The predicted molar refractivity (Wildman–Crippen MR) is 112 cm³/mol. The van der Waals surface area contributed by atoms with Crippen LogP contribution >= 0.6 is 0 Å². The Morgan fingerprint density at radius 3 is 2.63 bits per heavy atom. The van der Waals surface area contributed by atoms with Crippen molar-refractivity contribution >= 4 is 23.5 Å². The minimum Gasteiger partial charge on any atom is -0.495 e. The van der Waals surface area contributed by atoms with E-state index in [0.717, 1.165) is 24.8 Å². The smallest absolute Gasteiger partial charge is 0.319 e. The number of aryl methyl sites for hydroxylation is 1. The number of amides is 4. The van der Waals surface area contributed by atoms with Gasteiger partial charge in [0.1, 0.15) is 12.3 Å². The summed E-state index contributed by atoms with van der Waals surface area (Å²) < 4.78 is 5.25. The maximum Gasteiger partial charge on any atom is 0.319 e. The summed E-state index contributed by atoms with van der Waals surface area (Å²) in [5.74, 6) is 0.0703. The van der Waals surface area contributed by atoms with E-state index in [9.17, 15) is 14.4 Å².